The van der Waals surface area contributed by atoms with Gasteiger partial charge in [-0.15, -0.1) is 0 Å². The third-order valence-electron chi connectivity index (χ3n) is 8.37. The lowest BCUT2D eigenvalue weighted by Crippen LogP contribution is -2.72. The number of carbonyl (C=O) groups is 2. The Kier molecular flexibility index (Phi) is 3.35. The average molecular weight is 348 g/mol. The molecule has 3 N–H and O–H groups in total. The van der Waals surface area contributed by atoms with E-state index in [2.05, 4.69) is 6.58 Å². The van der Waals surface area contributed by atoms with Crippen LogP contribution in [0, 0.1) is 34.0 Å². The van der Waals surface area contributed by atoms with Gasteiger partial charge in [0.15, 0.2) is 11.6 Å². The van der Waals surface area contributed by atoms with Gasteiger partial charge in [0.05, 0.1) is 17.6 Å². The minimum Gasteiger partial charge on any atom is -0.393 e. The van der Waals surface area contributed by atoms with Gasteiger partial charge >= 0.3 is 0 Å². The molecular weight excluding hydrogens is 320 g/mol. The lowest BCUT2D eigenvalue weighted by atomic mass is 9.39. The summed E-state index contributed by atoms with van der Waals surface area (Å²) in [6.07, 6.45) is -0.663. The van der Waals surface area contributed by atoms with E-state index in [1.165, 1.54) is 0 Å². The Morgan fingerprint density at radius 3 is 2.32 bits per heavy atom. The standard InChI is InChI=1S/C20H28O5/c1-9-10-5-6-11-19(4)8-7-12(21)18(2,3)14(19)13(22)17(25)20(11,15(9)23)16(10)24/h10-12,14,16-17,21,24-25H,1,5-8H2,2-4H3/t10-,11-,12+,14+,16+,17+,19-,20?/m0/s1. The lowest BCUT2D eigenvalue weighted by molar-refractivity contribution is -0.228. The maximum Gasteiger partial charge on any atom is 0.170 e. The van der Waals surface area contributed by atoms with Crippen LogP contribution in [-0.2, 0) is 9.59 Å². The molecule has 1 spiro atoms. The maximum absolute atomic E-state index is 13.3. The summed E-state index contributed by atoms with van der Waals surface area (Å²) in [6.45, 7) is 9.64. The second kappa shape index (κ2) is 4.81. The van der Waals surface area contributed by atoms with Crippen molar-refractivity contribution in [2.24, 2.45) is 34.0 Å². The molecule has 0 aromatic rings. The molecule has 2 bridgehead atoms. The highest BCUT2D eigenvalue weighted by Crippen LogP contribution is 2.70. The zero-order chi connectivity index (χ0) is 18.5. The number of ketones is 2. The molecule has 0 aromatic heterocycles. The molecular formula is C20H28O5. The Morgan fingerprint density at radius 1 is 1.04 bits per heavy atom. The van der Waals surface area contributed by atoms with Gasteiger partial charge in [0.2, 0.25) is 0 Å². The number of carbonyl (C=O) groups excluding carboxylic acids is 2. The van der Waals surface area contributed by atoms with Crippen molar-refractivity contribution in [1.29, 1.82) is 0 Å². The van der Waals surface area contributed by atoms with E-state index in [0.717, 1.165) is 0 Å². The summed E-state index contributed by atoms with van der Waals surface area (Å²) in [5.41, 5.74) is -2.28. The molecule has 4 fully saturated rings. The highest BCUT2D eigenvalue weighted by molar-refractivity contribution is 6.08. The number of hydrogen-bond acceptors (Lipinski definition) is 5. The molecule has 0 aliphatic heterocycles. The molecule has 0 saturated heterocycles. The molecule has 8 atom stereocenters. The molecule has 0 aromatic carbocycles. The van der Waals surface area contributed by atoms with E-state index < -0.39 is 46.3 Å². The Labute approximate surface area is 148 Å². The molecule has 0 amide bonds. The summed E-state index contributed by atoms with van der Waals surface area (Å²) in [5.74, 6) is -1.88. The fourth-order valence-corrected chi connectivity index (χ4v) is 7.20. The van der Waals surface area contributed by atoms with Gasteiger partial charge in [-0.2, -0.15) is 0 Å². The number of aliphatic hydroxyl groups is 3. The quantitative estimate of drug-likeness (QED) is 0.573. The normalized spacial score (nSPS) is 54.2. The van der Waals surface area contributed by atoms with Crippen LogP contribution in [-0.4, -0.2) is 45.2 Å². The first-order chi connectivity index (χ1) is 11.5. The van der Waals surface area contributed by atoms with Gasteiger partial charge in [0.25, 0.3) is 0 Å². The Balaban J connectivity index is 1.94. The van der Waals surface area contributed by atoms with Crippen LogP contribution in [0.15, 0.2) is 12.2 Å². The third kappa shape index (κ3) is 1.66. The van der Waals surface area contributed by atoms with E-state index in [1.54, 1.807) is 0 Å². The number of aliphatic hydroxyl groups excluding tert-OH is 3. The largest absolute Gasteiger partial charge is 0.393 e. The van der Waals surface area contributed by atoms with E-state index in [0.29, 0.717) is 31.3 Å². The summed E-state index contributed by atoms with van der Waals surface area (Å²) < 4.78 is 0. The van der Waals surface area contributed by atoms with E-state index in [9.17, 15) is 24.9 Å². The molecule has 25 heavy (non-hydrogen) atoms. The van der Waals surface area contributed by atoms with Gasteiger partial charge in [-0.05, 0) is 42.6 Å². The molecule has 4 saturated carbocycles. The predicted octanol–water partition coefficient (Wildman–Crippen LogP) is 1.25. The van der Waals surface area contributed by atoms with Crippen molar-refractivity contribution in [3.63, 3.8) is 0 Å². The molecule has 4 aliphatic carbocycles. The van der Waals surface area contributed by atoms with E-state index in [-0.39, 0.29) is 17.6 Å². The van der Waals surface area contributed by atoms with Crippen LogP contribution in [0.2, 0.25) is 0 Å². The van der Waals surface area contributed by atoms with Gasteiger partial charge in [0, 0.05) is 17.3 Å². The van der Waals surface area contributed by atoms with Gasteiger partial charge in [-0.1, -0.05) is 27.4 Å². The molecule has 0 radical (unpaired) electrons. The van der Waals surface area contributed by atoms with Gasteiger partial charge in [0.1, 0.15) is 6.10 Å². The monoisotopic (exact) mass is 348 g/mol. The van der Waals surface area contributed by atoms with E-state index in [4.69, 9.17) is 0 Å². The van der Waals surface area contributed by atoms with Crippen molar-refractivity contribution in [2.75, 3.05) is 0 Å². The van der Waals surface area contributed by atoms with Crippen molar-refractivity contribution in [3.8, 4) is 0 Å². The zero-order valence-electron chi connectivity index (χ0n) is 15.2. The molecule has 1 unspecified atom stereocenters. The highest BCUT2D eigenvalue weighted by atomic mass is 16.3. The summed E-state index contributed by atoms with van der Waals surface area (Å²) >= 11 is 0. The van der Waals surface area contributed by atoms with Gasteiger partial charge in [-0.3, -0.25) is 9.59 Å². The third-order valence-corrected chi connectivity index (χ3v) is 8.37. The van der Waals surface area contributed by atoms with Crippen molar-refractivity contribution >= 4 is 11.6 Å². The number of hydrogen-bond donors (Lipinski definition) is 3. The highest BCUT2D eigenvalue weighted by Gasteiger charge is 2.76. The fraction of sp³-hybridized carbons (Fsp3) is 0.800. The van der Waals surface area contributed by atoms with Crippen LogP contribution < -0.4 is 0 Å². The first-order valence-electron chi connectivity index (χ1n) is 9.33. The Morgan fingerprint density at radius 2 is 1.68 bits per heavy atom. The fourth-order valence-electron chi connectivity index (χ4n) is 7.20. The minimum absolute atomic E-state index is 0.275. The first kappa shape index (κ1) is 17.4. The van der Waals surface area contributed by atoms with E-state index >= 15 is 0 Å². The van der Waals surface area contributed by atoms with Crippen molar-refractivity contribution in [2.45, 2.75) is 64.8 Å². The predicted molar refractivity (Wildman–Crippen MR) is 90.4 cm³/mol. The second-order valence-corrected chi connectivity index (χ2v) is 9.59. The minimum atomic E-state index is -1.52. The lowest BCUT2D eigenvalue weighted by Gasteiger charge is -2.64. The Bertz CT molecular complexity index is 682. The number of rotatable bonds is 0. The van der Waals surface area contributed by atoms with Crippen LogP contribution in [0.4, 0.5) is 0 Å². The molecule has 138 valence electrons. The van der Waals surface area contributed by atoms with Crippen molar-refractivity contribution in [1.82, 2.24) is 0 Å². The second-order valence-electron chi connectivity index (χ2n) is 9.59. The number of Topliss-reactive ketones (excluding diaryl/α,β-unsaturated/α-hetero) is 2. The van der Waals surface area contributed by atoms with Crippen LogP contribution in [0.3, 0.4) is 0 Å². The topological polar surface area (TPSA) is 94.8 Å². The average Bonchev–Trinajstić information content (AvgIpc) is 2.66. The maximum atomic E-state index is 13.3. The van der Waals surface area contributed by atoms with E-state index in [1.807, 2.05) is 20.8 Å². The van der Waals surface area contributed by atoms with Crippen LogP contribution in [0.25, 0.3) is 0 Å². The summed E-state index contributed by atoms with van der Waals surface area (Å²) in [6, 6.07) is 0. The van der Waals surface area contributed by atoms with Gasteiger partial charge < -0.3 is 15.3 Å². The summed E-state index contributed by atoms with van der Waals surface area (Å²) in [7, 11) is 0. The van der Waals surface area contributed by atoms with Crippen molar-refractivity contribution < 1.29 is 24.9 Å². The molecule has 5 heteroatoms. The molecule has 0 heterocycles. The smallest absolute Gasteiger partial charge is 0.170 e. The summed E-state index contributed by atoms with van der Waals surface area (Å²) in [4.78, 5) is 26.4. The van der Waals surface area contributed by atoms with Crippen molar-refractivity contribution in [3.05, 3.63) is 12.2 Å². The van der Waals surface area contributed by atoms with Gasteiger partial charge in [-0.25, -0.2) is 0 Å². The van der Waals surface area contributed by atoms with Crippen LogP contribution in [0.1, 0.15) is 46.5 Å². The SMILES string of the molecule is C=C1C(=O)C23[C@H](O)C(=O)[C@@H]4C(C)(C)[C@H](O)CC[C@@]4(C)[C@@H]2CC[C@@H]1[C@H]3O. The first-order valence-corrected chi connectivity index (χ1v) is 9.33. The summed E-state index contributed by atoms with van der Waals surface area (Å²) in [5, 5.41) is 32.5. The Hall–Kier alpha value is -1.04. The van der Waals surface area contributed by atoms with Crippen LogP contribution >= 0.6 is 0 Å². The van der Waals surface area contributed by atoms with Crippen LogP contribution in [0.5, 0.6) is 0 Å². The molecule has 5 nitrogen and oxygen atoms in total. The molecule has 4 aliphatic rings. The number of fused-ring (bicyclic) bond motifs is 3. The molecule has 4 rings (SSSR count). The zero-order valence-corrected chi connectivity index (χ0v) is 15.2.